The van der Waals surface area contributed by atoms with Gasteiger partial charge in [0.05, 0.1) is 6.10 Å². The van der Waals surface area contributed by atoms with Gasteiger partial charge in [-0.15, -0.1) is 0 Å². The summed E-state index contributed by atoms with van der Waals surface area (Å²) in [6.45, 7) is 5.82. The maximum atomic E-state index is 13.6. The van der Waals surface area contributed by atoms with Crippen molar-refractivity contribution in [2.75, 3.05) is 0 Å². The van der Waals surface area contributed by atoms with Crippen LogP contribution in [0.25, 0.3) is 0 Å². The van der Waals surface area contributed by atoms with Crippen LogP contribution >= 0.6 is 0 Å². The number of hydrogen-bond acceptors (Lipinski definition) is 1. The lowest BCUT2D eigenvalue weighted by atomic mass is 9.92. The van der Waals surface area contributed by atoms with Crippen molar-refractivity contribution in [3.63, 3.8) is 0 Å². The third-order valence-corrected chi connectivity index (χ3v) is 3.49. The van der Waals surface area contributed by atoms with Gasteiger partial charge in [0.25, 0.3) is 0 Å². The van der Waals surface area contributed by atoms with Crippen molar-refractivity contribution in [3.8, 4) is 0 Å². The molecule has 1 nitrogen and oxygen atoms in total. The number of aliphatic hydroxyl groups excluding tert-OH is 1. The highest BCUT2D eigenvalue weighted by Gasteiger charge is 2.16. The van der Waals surface area contributed by atoms with Crippen LogP contribution in [-0.4, -0.2) is 5.11 Å². The van der Waals surface area contributed by atoms with E-state index in [1.165, 1.54) is 0 Å². The van der Waals surface area contributed by atoms with Crippen molar-refractivity contribution in [1.29, 1.82) is 0 Å². The molecule has 0 aromatic heterocycles. The molecule has 0 aliphatic carbocycles. The minimum Gasteiger partial charge on any atom is -0.388 e. The Kier molecular flexibility index (Phi) is 4.19. The van der Waals surface area contributed by atoms with Crippen LogP contribution in [-0.2, 0) is 6.42 Å². The highest BCUT2D eigenvalue weighted by Crippen LogP contribution is 2.27. The molecule has 2 rings (SSSR count). The first-order valence-electron chi connectivity index (χ1n) is 6.58. The molecule has 0 aliphatic rings. The average Bonchev–Trinajstić information content (AvgIpc) is 2.32. The summed E-state index contributed by atoms with van der Waals surface area (Å²) in [6, 6.07) is 7.26. The monoisotopic (exact) mass is 276 g/mol. The minimum absolute atomic E-state index is 0.0638. The molecule has 1 N–H and O–H groups in total. The molecule has 20 heavy (non-hydrogen) atoms. The molecule has 1 unspecified atom stereocenters. The maximum absolute atomic E-state index is 13.6. The van der Waals surface area contributed by atoms with Gasteiger partial charge in [-0.05, 0) is 61.2 Å². The summed E-state index contributed by atoms with van der Waals surface area (Å²) in [5, 5.41) is 10.4. The number of benzene rings is 2. The van der Waals surface area contributed by atoms with E-state index in [9.17, 15) is 13.9 Å². The van der Waals surface area contributed by atoms with Gasteiger partial charge in [-0.2, -0.15) is 0 Å². The predicted octanol–water partition coefficient (Wildman–Crippen LogP) is 4.17. The van der Waals surface area contributed by atoms with Gasteiger partial charge in [0.1, 0.15) is 11.6 Å². The molecule has 2 aromatic rings. The van der Waals surface area contributed by atoms with Crippen LogP contribution in [0.4, 0.5) is 8.78 Å². The third kappa shape index (κ3) is 3.05. The highest BCUT2D eigenvalue weighted by atomic mass is 19.1. The number of rotatable bonds is 3. The molecule has 0 fully saturated rings. The fraction of sp³-hybridized carbons (Fsp3) is 0.294. The van der Waals surface area contributed by atoms with Crippen LogP contribution in [0.3, 0.4) is 0 Å². The molecule has 0 heterocycles. The molecular weight excluding hydrogens is 258 g/mol. The smallest absolute Gasteiger partial charge is 0.126 e. The molecular formula is C17H18F2O. The van der Waals surface area contributed by atoms with Crippen LogP contribution in [0.2, 0.25) is 0 Å². The molecule has 0 amide bonds. The van der Waals surface area contributed by atoms with E-state index < -0.39 is 17.7 Å². The summed E-state index contributed by atoms with van der Waals surface area (Å²) in [4.78, 5) is 0. The Hall–Kier alpha value is -1.74. The summed E-state index contributed by atoms with van der Waals surface area (Å²) in [5.41, 5.74) is 4.03. The van der Waals surface area contributed by atoms with Crippen molar-refractivity contribution in [1.82, 2.24) is 0 Å². The van der Waals surface area contributed by atoms with E-state index in [4.69, 9.17) is 0 Å². The molecule has 0 saturated heterocycles. The lowest BCUT2D eigenvalue weighted by Crippen LogP contribution is -2.08. The fourth-order valence-electron chi connectivity index (χ4n) is 2.73. The van der Waals surface area contributed by atoms with E-state index in [0.29, 0.717) is 0 Å². The van der Waals surface area contributed by atoms with E-state index in [1.54, 1.807) is 0 Å². The van der Waals surface area contributed by atoms with Crippen molar-refractivity contribution >= 4 is 0 Å². The van der Waals surface area contributed by atoms with Crippen LogP contribution < -0.4 is 0 Å². The van der Waals surface area contributed by atoms with E-state index >= 15 is 0 Å². The van der Waals surface area contributed by atoms with Crippen LogP contribution in [0.1, 0.15) is 33.9 Å². The summed E-state index contributed by atoms with van der Waals surface area (Å²) in [7, 11) is 0. The molecule has 0 radical (unpaired) electrons. The topological polar surface area (TPSA) is 20.2 Å². The highest BCUT2D eigenvalue weighted by molar-refractivity contribution is 5.39. The van der Waals surface area contributed by atoms with Crippen molar-refractivity contribution < 1.29 is 13.9 Å². The Bertz CT molecular complexity index is 612. The lowest BCUT2D eigenvalue weighted by Gasteiger charge is -2.18. The van der Waals surface area contributed by atoms with Crippen LogP contribution in [0, 0.1) is 32.4 Å². The lowest BCUT2D eigenvalue weighted by molar-refractivity contribution is 0.175. The second-order valence-corrected chi connectivity index (χ2v) is 5.27. The fourth-order valence-corrected chi connectivity index (χ4v) is 2.73. The third-order valence-electron chi connectivity index (χ3n) is 3.49. The Balaban J connectivity index is 2.33. The molecule has 106 valence electrons. The standard InChI is InChI=1S/C17H18F2O/c1-10-6-11(2)17(12(3)7-10)16(20)9-13-8-14(18)4-5-15(13)19/h4-8,16,20H,9H2,1-3H3. The predicted molar refractivity (Wildman–Crippen MR) is 75.7 cm³/mol. The van der Waals surface area contributed by atoms with E-state index in [1.807, 2.05) is 32.9 Å². The largest absolute Gasteiger partial charge is 0.388 e. The molecule has 3 heteroatoms. The molecule has 1 atom stereocenters. The zero-order valence-corrected chi connectivity index (χ0v) is 11.9. The SMILES string of the molecule is Cc1cc(C)c(C(O)Cc2cc(F)ccc2F)c(C)c1. The molecule has 0 bridgehead atoms. The Morgan fingerprint density at radius 1 is 1.00 bits per heavy atom. The van der Waals surface area contributed by atoms with Gasteiger partial charge in [-0.1, -0.05) is 17.7 Å². The number of aryl methyl sites for hydroxylation is 3. The number of halogens is 2. The van der Waals surface area contributed by atoms with Gasteiger partial charge in [0.15, 0.2) is 0 Å². The summed E-state index contributed by atoms with van der Waals surface area (Å²) >= 11 is 0. The second kappa shape index (κ2) is 5.71. The zero-order chi connectivity index (χ0) is 14.9. The Labute approximate surface area is 117 Å². The maximum Gasteiger partial charge on any atom is 0.126 e. The normalized spacial score (nSPS) is 12.5. The molecule has 0 aliphatic heterocycles. The van der Waals surface area contributed by atoms with Crippen LogP contribution in [0.15, 0.2) is 30.3 Å². The van der Waals surface area contributed by atoms with Crippen molar-refractivity contribution in [2.45, 2.75) is 33.3 Å². The van der Waals surface area contributed by atoms with Gasteiger partial charge in [0, 0.05) is 6.42 Å². The molecule has 2 aromatic carbocycles. The summed E-state index contributed by atoms with van der Waals surface area (Å²) < 4.78 is 26.8. The van der Waals surface area contributed by atoms with E-state index in [0.717, 1.165) is 40.5 Å². The van der Waals surface area contributed by atoms with Gasteiger partial charge in [-0.3, -0.25) is 0 Å². The summed E-state index contributed by atoms with van der Waals surface area (Å²) in [6.07, 6.45) is -0.777. The average molecular weight is 276 g/mol. The minimum atomic E-state index is -0.841. The summed E-state index contributed by atoms with van der Waals surface area (Å²) in [5.74, 6) is -0.987. The molecule has 0 spiro atoms. The Morgan fingerprint density at radius 2 is 1.60 bits per heavy atom. The van der Waals surface area contributed by atoms with Crippen molar-refractivity contribution in [3.05, 3.63) is 69.8 Å². The number of hydrogen-bond donors (Lipinski definition) is 1. The van der Waals surface area contributed by atoms with Crippen molar-refractivity contribution in [2.24, 2.45) is 0 Å². The first kappa shape index (κ1) is 14.7. The Morgan fingerprint density at radius 3 is 2.20 bits per heavy atom. The van der Waals surface area contributed by atoms with Gasteiger partial charge < -0.3 is 5.11 Å². The first-order chi connectivity index (χ1) is 9.38. The van der Waals surface area contributed by atoms with Crippen LogP contribution in [0.5, 0.6) is 0 Å². The second-order valence-electron chi connectivity index (χ2n) is 5.27. The van der Waals surface area contributed by atoms with Gasteiger partial charge >= 0.3 is 0 Å². The number of aliphatic hydroxyl groups is 1. The van der Waals surface area contributed by atoms with Gasteiger partial charge in [0.2, 0.25) is 0 Å². The molecule has 0 saturated carbocycles. The zero-order valence-electron chi connectivity index (χ0n) is 11.9. The van der Waals surface area contributed by atoms with E-state index in [2.05, 4.69) is 0 Å². The van der Waals surface area contributed by atoms with E-state index in [-0.39, 0.29) is 12.0 Å². The van der Waals surface area contributed by atoms with Gasteiger partial charge in [-0.25, -0.2) is 8.78 Å². The first-order valence-corrected chi connectivity index (χ1v) is 6.58. The quantitative estimate of drug-likeness (QED) is 0.892.